The molecule has 1 atom stereocenters. The number of para-hydroxylation sites is 1. The number of likely N-dealkylation sites (tertiary alicyclic amines) is 1. The van der Waals surface area contributed by atoms with E-state index in [9.17, 15) is 0 Å². The van der Waals surface area contributed by atoms with E-state index < -0.39 is 0 Å². The zero-order valence-corrected chi connectivity index (χ0v) is 12.2. The van der Waals surface area contributed by atoms with Crippen molar-refractivity contribution in [1.82, 2.24) is 9.88 Å². The van der Waals surface area contributed by atoms with Gasteiger partial charge in [0.05, 0.1) is 17.4 Å². The topological polar surface area (TPSA) is 28.2 Å². The molecule has 1 unspecified atom stereocenters. The summed E-state index contributed by atoms with van der Waals surface area (Å²) in [6.45, 7) is 5.87. The molecule has 2 heterocycles. The van der Waals surface area contributed by atoms with Crippen molar-refractivity contribution in [2.24, 2.45) is 0 Å². The van der Waals surface area contributed by atoms with Crippen LogP contribution in [0, 0.1) is 0 Å². The second-order valence-corrected chi connectivity index (χ2v) is 5.62. The van der Waals surface area contributed by atoms with Crippen molar-refractivity contribution in [3.8, 4) is 0 Å². The van der Waals surface area contributed by atoms with E-state index in [4.69, 9.17) is 0 Å². The van der Waals surface area contributed by atoms with Crippen LogP contribution in [0.1, 0.15) is 26.2 Å². The molecule has 1 saturated heterocycles. The summed E-state index contributed by atoms with van der Waals surface area (Å²) in [5.74, 6) is 0. The average molecular weight is 269 g/mol. The van der Waals surface area contributed by atoms with E-state index in [1.54, 1.807) is 0 Å². The summed E-state index contributed by atoms with van der Waals surface area (Å²) in [4.78, 5) is 7.07. The molecular weight excluding hydrogens is 246 g/mol. The molecule has 1 aromatic carbocycles. The van der Waals surface area contributed by atoms with Crippen LogP contribution < -0.4 is 5.32 Å². The van der Waals surface area contributed by atoms with Crippen LogP contribution in [0.4, 0.5) is 5.69 Å². The summed E-state index contributed by atoms with van der Waals surface area (Å²) >= 11 is 0. The molecule has 3 nitrogen and oxygen atoms in total. The molecule has 1 N–H and O–H groups in total. The Morgan fingerprint density at radius 1 is 1.25 bits per heavy atom. The van der Waals surface area contributed by atoms with Crippen LogP contribution in [0.15, 0.2) is 36.5 Å². The highest BCUT2D eigenvalue weighted by atomic mass is 15.1. The lowest BCUT2D eigenvalue weighted by molar-refractivity contribution is 0.300. The SMILES string of the molecule is CCN1CCCC(Nc2cnc3ccccc3c2)CC1. The number of aromatic nitrogens is 1. The minimum absolute atomic E-state index is 0.578. The van der Waals surface area contributed by atoms with Gasteiger partial charge in [0.15, 0.2) is 0 Å². The van der Waals surface area contributed by atoms with Crippen molar-refractivity contribution in [2.75, 3.05) is 25.0 Å². The Hall–Kier alpha value is -1.61. The third-order valence-corrected chi connectivity index (χ3v) is 4.23. The Labute approximate surface area is 121 Å². The van der Waals surface area contributed by atoms with Crippen molar-refractivity contribution < 1.29 is 0 Å². The molecule has 3 rings (SSSR count). The predicted octanol–water partition coefficient (Wildman–Crippen LogP) is 3.52. The van der Waals surface area contributed by atoms with Gasteiger partial charge in [-0.15, -0.1) is 0 Å². The van der Waals surface area contributed by atoms with E-state index >= 15 is 0 Å². The van der Waals surface area contributed by atoms with Gasteiger partial charge in [-0.25, -0.2) is 0 Å². The molecule has 2 aromatic rings. The number of pyridine rings is 1. The number of anilines is 1. The van der Waals surface area contributed by atoms with Gasteiger partial charge in [-0.2, -0.15) is 0 Å². The molecule has 0 bridgehead atoms. The number of rotatable bonds is 3. The summed E-state index contributed by atoms with van der Waals surface area (Å²) in [5, 5.41) is 4.88. The maximum atomic E-state index is 4.53. The first-order chi connectivity index (χ1) is 9.85. The van der Waals surface area contributed by atoms with Crippen molar-refractivity contribution in [2.45, 2.75) is 32.2 Å². The lowest BCUT2D eigenvalue weighted by atomic mass is 10.1. The van der Waals surface area contributed by atoms with Crippen LogP contribution in [0.5, 0.6) is 0 Å². The van der Waals surface area contributed by atoms with Gasteiger partial charge in [0.1, 0.15) is 0 Å². The van der Waals surface area contributed by atoms with E-state index in [1.165, 1.54) is 44.3 Å². The molecule has 1 aliphatic heterocycles. The van der Waals surface area contributed by atoms with E-state index in [2.05, 4.69) is 46.4 Å². The molecule has 0 spiro atoms. The number of hydrogen-bond acceptors (Lipinski definition) is 3. The van der Waals surface area contributed by atoms with Gasteiger partial charge in [0, 0.05) is 18.0 Å². The maximum Gasteiger partial charge on any atom is 0.0703 e. The van der Waals surface area contributed by atoms with Crippen LogP contribution in [0.2, 0.25) is 0 Å². The molecule has 0 aliphatic carbocycles. The van der Waals surface area contributed by atoms with E-state index in [1.807, 2.05) is 12.3 Å². The van der Waals surface area contributed by atoms with Crippen molar-refractivity contribution >= 4 is 16.6 Å². The standard InChI is InChI=1S/C17H23N3/c1-2-20-10-5-7-15(9-11-20)19-16-12-14-6-3-4-8-17(14)18-13-16/h3-4,6,8,12-13,15,19H,2,5,7,9-11H2,1H3. The van der Waals surface area contributed by atoms with Gasteiger partial charge < -0.3 is 10.2 Å². The maximum absolute atomic E-state index is 4.53. The molecule has 3 heteroatoms. The number of fused-ring (bicyclic) bond motifs is 1. The smallest absolute Gasteiger partial charge is 0.0703 e. The fraction of sp³-hybridized carbons (Fsp3) is 0.471. The van der Waals surface area contributed by atoms with E-state index in [0.717, 1.165) is 11.2 Å². The first-order valence-corrected chi connectivity index (χ1v) is 7.69. The fourth-order valence-corrected chi connectivity index (χ4v) is 3.00. The number of nitrogens with one attached hydrogen (secondary N) is 1. The van der Waals surface area contributed by atoms with Gasteiger partial charge in [0.25, 0.3) is 0 Å². The van der Waals surface area contributed by atoms with Crippen LogP contribution in [-0.2, 0) is 0 Å². The quantitative estimate of drug-likeness (QED) is 0.924. The average Bonchev–Trinajstić information content (AvgIpc) is 2.72. The molecule has 1 fully saturated rings. The van der Waals surface area contributed by atoms with Crippen LogP contribution in [-0.4, -0.2) is 35.6 Å². The normalized spacial score (nSPS) is 20.8. The van der Waals surface area contributed by atoms with Crippen molar-refractivity contribution in [1.29, 1.82) is 0 Å². The van der Waals surface area contributed by atoms with Gasteiger partial charge >= 0.3 is 0 Å². The minimum atomic E-state index is 0.578. The van der Waals surface area contributed by atoms with E-state index in [-0.39, 0.29) is 0 Å². The Kier molecular flexibility index (Phi) is 4.16. The molecule has 0 saturated carbocycles. The highest BCUT2D eigenvalue weighted by molar-refractivity contribution is 5.81. The minimum Gasteiger partial charge on any atom is -0.381 e. The Morgan fingerprint density at radius 2 is 2.15 bits per heavy atom. The second-order valence-electron chi connectivity index (χ2n) is 5.62. The molecule has 20 heavy (non-hydrogen) atoms. The summed E-state index contributed by atoms with van der Waals surface area (Å²) in [6.07, 6.45) is 5.72. The fourth-order valence-electron chi connectivity index (χ4n) is 3.00. The second kappa shape index (κ2) is 6.23. The van der Waals surface area contributed by atoms with Gasteiger partial charge in [0.2, 0.25) is 0 Å². The summed E-state index contributed by atoms with van der Waals surface area (Å²) < 4.78 is 0. The van der Waals surface area contributed by atoms with Crippen molar-refractivity contribution in [3.05, 3.63) is 36.5 Å². The van der Waals surface area contributed by atoms with Crippen molar-refractivity contribution in [3.63, 3.8) is 0 Å². The van der Waals surface area contributed by atoms with Crippen LogP contribution in [0.3, 0.4) is 0 Å². The predicted molar refractivity (Wildman–Crippen MR) is 85.1 cm³/mol. The lowest BCUT2D eigenvalue weighted by Gasteiger charge is -2.19. The molecule has 1 aliphatic rings. The number of hydrogen-bond donors (Lipinski definition) is 1. The molecule has 0 radical (unpaired) electrons. The largest absolute Gasteiger partial charge is 0.381 e. The molecule has 0 amide bonds. The first kappa shape index (κ1) is 13.4. The zero-order chi connectivity index (χ0) is 13.8. The van der Waals surface area contributed by atoms with E-state index in [0.29, 0.717) is 6.04 Å². The Balaban J connectivity index is 1.69. The highest BCUT2D eigenvalue weighted by Gasteiger charge is 2.15. The Morgan fingerprint density at radius 3 is 3.05 bits per heavy atom. The zero-order valence-electron chi connectivity index (χ0n) is 12.2. The lowest BCUT2D eigenvalue weighted by Crippen LogP contribution is -2.26. The van der Waals surface area contributed by atoms with Crippen LogP contribution in [0.25, 0.3) is 10.9 Å². The third-order valence-electron chi connectivity index (χ3n) is 4.23. The highest BCUT2D eigenvalue weighted by Crippen LogP contribution is 2.20. The summed E-state index contributed by atoms with van der Waals surface area (Å²) in [6, 6.07) is 11.1. The monoisotopic (exact) mass is 269 g/mol. The number of nitrogens with zero attached hydrogens (tertiary/aromatic N) is 2. The molecule has 106 valence electrons. The molecular formula is C17H23N3. The third kappa shape index (κ3) is 3.10. The first-order valence-electron chi connectivity index (χ1n) is 7.69. The van der Waals surface area contributed by atoms with Gasteiger partial charge in [-0.05, 0) is 44.5 Å². The Bertz CT molecular complexity index is 567. The summed E-state index contributed by atoms with van der Waals surface area (Å²) in [5.41, 5.74) is 2.22. The summed E-state index contributed by atoms with van der Waals surface area (Å²) in [7, 11) is 0. The molecule has 1 aromatic heterocycles. The van der Waals surface area contributed by atoms with Gasteiger partial charge in [-0.3, -0.25) is 4.98 Å². The van der Waals surface area contributed by atoms with Crippen LogP contribution >= 0.6 is 0 Å². The number of benzene rings is 1. The van der Waals surface area contributed by atoms with Gasteiger partial charge in [-0.1, -0.05) is 25.1 Å².